The van der Waals surface area contributed by atoms with Crippen molar-refractivity contribution in [1.29, 1.82) is 0 Å². The Bertz CT molecular complexity index is 541. The summed E-state index contributed by atoms with van der Waals surface area (Å²) in [5.74, 6) is -0.228. The molecular weight excluding hydrogens is 260 g/mol. The smallest absolute Gasteiger partial charge is 0.309 e. The van der Waals surface area contributed by atoms with Crippen molar-refractivity contribution in [1.82, 2.24) is 0 Å². The SMILES string of the molecule is CCCCS(=O)(=O)Oc1ccc(N)c([N+](=O)[O-])c1. The maximum absolute atomic E-state index is 11.5. The zero-order chi connectivity index (χ0) is 13.8. The Kier molecular flexibility index (Phi) is 4.49. The molecule has 0 aromatic heterocycles. The highest BCUT2D eigenvalue weighted by Crippen LogP contribution is 2.27. The molecule has 0 radical (unpaired) electrons. The molecule has 1 aromatic rings. The first-order valence-corrected chi connectivity index (χ1v) is 6.89. The van der Waals surface area contributed by atoms with Gasteiger partial charge in [-0.15, -0.1) is 0 Å². The van der Waals surface area contributed by atoms with Crippen LogP contribution in [0.5, 0.6) is 5.75 Å². The molecule has 0 aliphatic carbocycles. The van der Waals surface area contributed by atoms with Crippen molar-refractivity contribution >= 4 is 21.5 Å². The summed E-state index contributed by atoms with van der Waals surface area (Å²) in [7, 11) is -3.72. The second-order valence-corrected chi connectivity index (χ2v) is 5.37. The van der Waals surface area contributed by atoms with Gasteiger partial charge >= 0.3 is 10.1 Å². The highest BCUT2D eigenvalue weighted by molar-refractivity contribution is 7.87. The van der Waals surface area contributed by atoms with Crippen molar-refractivity contribution in [2.75, 3.05) is 11.5 Å². The maximum atomic E-state index is 11.5. The number of rotatable bonds is 6. The minimum Gasteiger partial charge on any atom is -0.393 e. The molecule has 100 valence electrons. The highest BCUT2D eigenvalue weighted by atomic mass is 32.2. The Balaban J connectivity index is 2.92. The van der Waals surface area contributed by atoms with E-state index >= 15 is 0 Å². The largest absolute Gasteiger partial charge is 0.393 e. The van der Waals surface area contributed by atoms with Crippen LogP contribution in [0.25, 0.3) is 0 Å². The van der Waals surface area contributed by atoms with E-state index < -0.39 is 15.0 Å². The summed E-state index contributed by atoms with van der Waals surface area (Å²) in [6, 6.07) is 3.52. The van der Waals surface area contributed by atoms with Crippen molar-refractivity contribution in [3.63, 3.8) is 0 Å². The number of nitrogens with zero attached hydrogens (tertiary/aromatic N) is 1. The predicted octanol–water partition coefficient (Wildman–Crippen LogP) is 1.69. The first kappa shape index (κ1) is 14.2. The second kappa shape index (κ2) is 5.67. The van der Waals surface area contributed by atoms with Gasteiger partial charge in [0, 0.05) is 0 Å². The molecule has 0 atom stereocenters. The first-order valence-electron chi connectivity index (χ1n) is 5.32. The molecule has 0 aliphatic heterocycles. The number of nitrogen functional groups attached to an aromatic ring is 1. The summed E-state index contributed by atoms with van der Waals surface area (Å²) >= 11 is 0. The van der Waals surface area contributed by atoms with Gasteiger partial charge in [-0.25, -0.2) is 0 Å². The molecule has 0 aliphatic rings. The average molecular weight is 274 g/mol. The third-order valence-electron chi connectivity index (χ3n) is 2.17. The number of benzene rings is 1. The van der Waals surface area contributed by atoms with E-state index in [9.17, 15) is 18.5 Å². The number of nitrogens with two attached hydrogens (primary N) is 1. The van der Waals surface area contributed by atoms with E-state index in [1.54, 1.807) is 0 Å². The molecule has 8 heteroatoms. The van der Waals surface area contributed by atoms with Gasteiger partial charge in [0.25, 0.3) is 5.69 Å². The fourth-order valence-corrected chi connectivity index (χ4v) is 2.37. The Hall–Kier alpha value is -1.83. The number of anilines is 1. The zero-order valence-corrected chi connectivity index (χ0v) is 10.6. The van der Waals surface area contributed by atoms with Crippen molar-refractivity contribution in [2.24, 2.45) is 0 Å². The summed E-state index contributed by atoms with van der Waals surface area (Å²) < 4.78 is 27.8. The standard InChI is InChI=1S/C10H14N2O5S/c1-2-3-6-18(15,16)17-8-4-5-9(11)10(7-8)12(13)14/h4-5,7H,2-3,6,11H2,1H3. The van der Waals surface area contributed by atoms with Gasteiger partial charge in [-0.2, -0.15) is 8.42 Å². The number of nitro benzene ring substituents is 1. The molecule has 0 bridgehead atoms. The molecule has 0 saturated heterocycles. The van der Waals surface area contributed by atoms with Gasteiger partial charge in [0.1, 0.15) is 11.4 Å². The van der Waals surface area contributed by atoms with Crippen molar-refractivity contribution in [3.8, 4) is 5.75 Å². The van der Waals surface area contributed by atoms with Crippen LogP contribution < -0.4 is 9.92 Å². The fraction of sp³-hybridized carbons (Fsp3) is 0.400. The molecule has 2 N–H and O–H groups in total. The first-order chi connectivity index (χ1) is 8.35. The number of unbranched alkanes of at least 4 members (excludes halogenated alkanes) is 1. The minimum atomic E-state index is -3.72. The van der Waals surface area contributed by atoms with Crippen LogP contribution in [0.2, 0.25) is 0 Å². The Morgan fingerprint density at radius 2 is 2.11 bits per heavy atom. The van der Waals surface area contributed by atoms with E-state index in [0.29, 0.717) is 12.8 Å². The quantitative estimate of drug-likeness (QED) is 0.365. The van der Waals surface area contributed by atoms with Crippen LogP contribution in [0, 0.1) is 10.1 Å². The molecule has 7 nitrogen and oxygen atoms in total. The molecule has 0 unspecified atom stereocenters. The van der Waals surface area contributed by atoms with Crippen molar-refractivity contribution in [3.05, 3.63) is 28.3 Å². The number of hydrogen-bond acceptors (Lipinski definition) is 6. The molecule has 0 fully saturated rings. The van der Waals surface area contributed by atoms with E-state index in [1.165, 1.54) is 12.1 Å². The van der Waals surface area contributed by atoms with E-state index in [2.05, 4.69) is 0 Å². The third kappa shape index (κ3) is 3.88. The summed E-state index contributed by atoms with van der Waals surface area (Å²) in [5.41, 5.74) is 4.97. The maximum Gasteiger partial charge on any atom is 0.309 e. The van der Waals surface area contributed by atoms with Crippen molar-refractivity contribution < 1.29 is 17.5 Å². The second-order valence-electron chi connectivity index (χ2n) is 3.68. The number of hydrogen-bond donors (Lipinski definition) is 1. The van der Waals surface area contributed by atoms with Gasteiger partial charge in [0.15, 0.2) is 0 Å². The Morgan fingerprint density at radius 1 is 1.44 bits per heavy atom. The molecule has 0 amide bonds. The normalized spacial score (nSPS) is 11.2. The van der Waals surface area contributed by atoms with E-state index in [0.717, 1.165) is 6.07 Å². The zero-order valence-electron chi connectivity index (χ0n) is 9.83. The van der Waals surface area contributed by atoms with E-state index in [4.69, 9.17) is 9.92 Å². The van der Waals surface area contributed by atoms with Crippen LogP contribution in [0.3, 0.4) is 0 Å². The van der Waals surface area contributed by atoms with E-state index in [-0.39, 0.29) is 22.9 Å². The summed E-state index contributed by atoms with van der Waals surface area (Å²) in [6.45, 7) is 1.85. The van der Waals surface area contributed by atoms with E-state index in [1.807, 2.05) is 6.92 Å². The monoisotopic (exact) mass is 274 g/mol. The fourth-order valence-electron chi connectivity index (χ4n) is 1.24. The molecular formula is C10H14N2O5S. The van der Waals surface area contributed by atoms with Gasteiger partial charge in [0.05, 0.1) is 16.7 Å². The van der Waals surface area contributed by atoms with Gasteiger partial charge in [-0.1, -0.05) is 13.3 Å². The van der Waals surface area contributed by atoms with Gasteiger partial charge < -0.3 is 9.92 Å². The van der Waals surface area contributed by atoms with Gasteiger partial charge in [-0.05, 0) is 18.6 Å². The Labute approximate surface area is 105 Å². The highest BCUT2D eigenvalue weighted by Gasteiger charge is 2.17. The van der Waals surface area contributed by atoms with Gasteiger partial charge in [0.2, 0.25) is 0 Å². The lowest BCUT2D eigenvalue weighted by molar-refractivity contribution is -0.383. The third-order valence-corrected chi connectivity index (χ3v) is 3.40. The molecule has 0 heterocycles. The lowest BCUT2D eigenvalue weighted by Gasteiger charge is -2.06. The summed E-state index contributed by atoms with van der Waals surface area (Å²) in [6.07, 6.45) is 1.18. The number of nitro groups is 1. The van der Waals surface area contributed by atoms with Crippen LogP contribution in [-0.4, -0.2) is 19.1 Å². The molecule has 0 spiro atoms. The average Bonchev–Trinajstić information content (AvgIpc) is 2.28. The van der Waals surface area contributed by atoms with Crippen LogP contribution in [0.15, 0.2) is 18.2 Å². The lowest BCUT2D eigenvalue weighted by atomic mass is 10.2. The molecule has 1 rings (SSSR count). The van der Waals surface area contributed by atoms with Crippen LogP contribution in [0.4, 0.5) is 11.4 Å². The molecule has 0 saturated carbocycles. The molecule has 18 heavy (non-hydrogen) atoms. The van der Waals surface area contributed by atoms with Crippen LogP contribution in [0.1, 0.15) is 19.8 Å². The van der Waals surface area contributed by atoms with Crippen LogP contribution in [-0.2, 0) is 10.1 Å². The topological polar surface area (TPSA) is 113 Å². The minimum absolute atomic E-state index is 0.0432. The lowest BCUT2D eigenvalue weighted by Crippen LogP contribution is -2.13. The summed E-state index contributed by atoms with van der Waals surface area (Å²) in [5, 5.41) is 10.6. The van der Waals surface area contributed by atoms with Crippen LogP contribution >= 0.6 is 0 Å². The van der Waals surface area contributed by atoms with Gasteiger partial charge in [-0.3, -0.25) is 10.1 Å². The predicted molar refractivity (Wildman–Crippen MR) is 66.8 cm³/mol. The summed E-state index contributed by atoms with van der Waals surface area (Å²) in [4.78, 5) is 9.94. The van der Waals surface area contributed by atoms with Crippen molar-refractivity contribution in [2.45, 2.75) is 19.8 Å². The molecule has 1 aromatic carbocycles. The Morgan fingerprint density at radius 3 is 2.67 bits per heavy atom.